The zero-order valence-electron chi connectivity index (χ0n) is 11.9. The largest absolute Gasteiger partial charge is 0.319 e. The first-order valence-electron chi connectivity index (χ1n) is 7.24. The van der Waals surface area contributed by atoms with Crippen LogP contribution in [0.4, 0.5) is 5.69 Å². The highest BCUT2D eigenvalue weighted by Crippen LogP contribution is 2.19. The molecule has 0 atom stereocenters. The summed E-state index contributed by atoms with van der Waals surface area (Å²) in [4.78, 5) is 16.9. The van der Waals surface area contributed by atoms with E-state index in [9.17, 15) is 4.79 Å². The molecule has 4 rings (SSSR count). The first-order chi connectivity index (χ1) is 10.8. The minimum absolute atomic E-state index is 0.233. The summed E-state index contributed by atoms with van der Waals surface area (Å²) in [5.74, 6) is -0.233. The number of carbonyl (C=O) groups is 1. The molecule has 3 aromatic rings. The number of rotatable bonds is 2. The van der Waals surface area contributed by atoms with Crippen molar-refractivity contribution in [3.63, 3.8) is 0 Å². The average Bonchev–Trinajstić information content (AvgIpc) is 2.99. The summed E-state index contributed by atoms with van der Waals surface area (Å²) in [5, 5.41) is 14.0. The van der Waals surface area contributed by atoms with Crippen molar-refractivity contribution >= 4 is 22.5 Å². The summed E-state index contributed by atoms with van der Waals surface area (Å²) in [5.41, 5.74) is 4.17. The number of H-pyrrole nitrogens is 1. The van der Waals surface area contributed by atoms with Crippen molar-refractivity contribution in [3.05, 3.63) is 53.5 Å². The molecular weight excluding hydrogens is 278 g/mol. The van der Waals surface area contributed by atoms with Crippen molar-refractivity contribution in [1.82, 2.24) is 20.5 Å². The third-order valence-electron chi connectivity index (χ3n) is 3.86. The van der Waals surface area contributed by atoms with Crippen LogP contribution >= 0.6 is 0 Å². The van der Waals surface area contributed by atoms with Gasteiger partial charge in [0.25, 0.3) is 5.91 Å². The highest BCUT2D eigenvalue weighted by Gasteiger charge is 2.16. The lowest BCUT2D eigenvalue weighted by atomic mass is 10.1. The van der Waals surface area contributed by atoms with E-state index in [0.29, 0.717) is 11.4 Å². The second-order valence-corrected chi connectivity index (χ2v) is 5.33. The molecule has 1 aliphatic heterocycles. The molecule has 110 valence electrons. The molecule has 1 aliphatic rings. The molecule has 0 unspecified atom stereocenters. The van der Waals surface area contributed by atoms with Crippen LogP contribution in [0.5, 0.6) is 0 Å². The maximum absolute atomic E-state index is 12.4. The molecule has 0 saturated heterocycles. The van der Waals surface area contributed by atoms with Crippen molar-refractivity contribution in [3.8, 4) is 0 Å². The van der Waals surface area contributed by atoms with Gasteiger partial charge in [-0.25, -0.2) is 0 Å². The predicted molar refractivity (Wildman–Crippen MR) is 83.7 cm³/mol. The van der Waals surface area contributed by atoms with E-state index in [1.165, 1.54) is 0 Å². The van der Waals surface area contributed by atoms with Crippen molar-refractivity contribution in [2.75, 3.05) is 11.9 Å². The van der Waals surface area contributed by atoms with Gasteiger partial charge in [-0.05, 0) is 17.7 Å². The molecule has 0 fully saturated rings. The Balaban J connectivity index is 1.62. The van der Waals surface area contributed by atoms with Crippen molar-refractivity contribution in [1.29, 1.82) is 0 Å². The number of amides is 1. The number of pyridine rings is 1. The fraction of sp³-hybridized carbons (Fsp3) is 0.188. The van der Waals surface area contributed by atoms with Gasteiger partial charge in [-0.3, -0.25) is 14.9 Å². The lowest BCUT2D eigenvalue weighted by Gasteiger charge is -2.16. The second-order valence-electron chi connectivity index (χ2n) is 5.33. The van der Waals surface area contributed by atoms with Crippen LogP contribution < -0.4 is 10.6 Å². The summed E-state index contributed by atoms with van der Waals surface area (Å²) in [6.45, 7) is 1.74. The quantitative estimate of drug-likeness (QED) is 0.673. The highest BCUT2D eigenvalue weighted by molar-refractivity contribution is 6.11. The van der Waals surface area contributed by atoms with E-state index >= 15 is 0 Å². The molecule has 3 heterocycles. The van der Waals surface area contributed by atoms with Crippen LogP contribution in [-0.2, 0) is 13.0 Å². The van der Waals surface area contributed by atoms with E-state index in [1.54, 1.807) is 6.20 Å². The van der Waals surface area contributed by atoms with Gasteiger partial charge in [-0.2, -0.15) is 5.10 Å². The molecule has 1 amide bonds. The summed E-state index contributed by atoms with van der Waals surface area (Å²) >= 11 is 0. The number of aromatic amines is 1. The smallest absolute Gasteiger partial charge is 0.276 e. The summed E-state index contributed by atoms with van der Waals surface area (Å²) in [6, 6.07) is 9.54. The number of hydrogen-bond donors (Lipinski definition) is 3. The molecule has 6 nitrogen and oxygen atoms in total. The Kier molecular flexibility index (Phi) is 3.08. The monoisotopic (exact) mass is 293 g/mol. The van der Waals surface area contributed by atoms with E-state index in [4.69, 9.17) is 0 Å². The molecule has 3 N–H and O–H groups in total. The first-order valence-corrected chi connectivity index (χ1v) is 7.24. The van der Waals surface area contributed by atoms with Gasteiger partial charge in [0.05, 0.1) is 17.4 Å². The Hall–Kier alpha value is -2.73. The van der Waals surface area contributed by atoms with Crippen LogP contribution in [0, 0.1) is 0 Å². The van der Waals surface area contributed by atoms with E-state index < -0.39 is 0 Å². The highest BCUT2D eigenvalue weighted by atomic mass is 16.1. The molecular formula is C16H15N5O. The van der Waals surface area contributed by atoms with Gasteiger partial charge in [0.2, 0.25) is 0 Å². The lowest BCUT2D eigenvalue weighted by Crippen LogP contribution is -2.25. The number of nitrogens with one attached hydrogen (secondary N) is 3. The number of nitrogens with zero attached hydrogens (tertiary/aromatic N) is 2. The molecule has 0 aliphatic carbocycles. The molecule has 6 heteroatoms. The standard InChI is InChI=1S/C16H15N5O/c22-16(15-12-3-1-2-4-14(12)20-21-15)19-11-7-10-8-17-6-5-13(10)18-9-11/h1-4,7,9,17H,5-6,8H2,(H,19,22)(H,20,21). The van der Waals surface area contributed by atoms with Crippen molar-refractivity contribution in [2.24, 2.45) is 0 Å². The Morgan fingerprint density at radius 2 is 2.18 bits per heavy atom. The van der Waals surface area contributed by atoms with E-state index in [-0.39, 0.29) is 5.91 Å². The zero-order valence-corrected chi connectivity index (χ0v) is 11.9. The van der Waals surface area contributed by atoms with Gasteiger partial charge in [0.1, 0.15) is 0 Å². The topological polar surface area (TPSA) is 82.7 Å². The number of para-hydroxylation sites is 1. The van der Waals surface area contributed by atoms with Gasteiger partial charge in [-0.1, -0.05) is 18.2 Å². The second kappa shape index (κ2) is 5.23. The van der Waals surface area contributed by atoms with E-state index in [2.05, 4.69) is 25.8 Å². The SMILES string of the molecule is O=C(Nc1cnc2c(c1)CNCC2)c1n[nH]c2ccccc12. The molecule has 22 heavy (non-hydrogen) atoms. The van der Waals surface area contributed by atoms with Gasteiger partial charge in [0.15, 0.2) is 5.69 Å². The third-order valence-corrected chi connectivity index (χ3v) is 3.86. The Labute approximate surface area is 127 Å². The fourth-order valence-electron chi connectivity index (χ4n) is 2.74. The van der Waals surface area contributed by atoms with Crippen LogP contribution in [0.15, 0.2) is 36.5 Å². The lowest BCUT2D eigenvalue weighted by molar-refractivity contribution is 0.102. The van der Waals surface area contributed by atoms with Gasteiger partial charge < -0.3 is 10.6 Å². The maximum atomic E-state index is 12.4. The van der Waals surface area contributed by atoms with Crippen LogP contribution in [0.1, 0.15) is 21.7 Å². The predicted octanol–water partition coefficient (Wildman–Crippen LogP) is 1.86. The molecule has 1 aromatic carbocycles. The van der Waals surface area contributed by atoms with Gasteiger partial charge >= 0.3 is 0 Å². The van der Waals surface area contributed by atoms with Gasteiger partial charge in [0, 0.05) is 30.6 Å². The van der Waals surface area contributed by atoms with Crippen molar-refractivity contribution in [2.45, 2.75) is 13.0 Å². The minimum atomic E-state index is -0.233. The fourth-order valence-corrected chi connectivity index (χ4v) is 2.74. The molecule has 0 radical (unpaired) electrons. The minimum Gasteiger partial charge on any atom is -0.319 e. The number of anilines is 1. The Morgan fingerprint density at radius 1 is 1.27 bits per heavy atom. The third kappa shape index (κ3) is 2.23. The summed E-state index contributed by atoms with van der Waals surface area (Å²) < 4.78 is 0. The zero-order chi connectivity index (χ0) is 14.9. The first kappa shape index (κ1) is 13.0. The molecule has 2 aromatic heterocycles. The summed E-state index contributed by atoms with van der Waals surface area (Å²) in [7, 11) is 0. The molecule has 0 bridgehead atoms. The number of hydrogen-bond acceptors (Lipinski definition) is 4. The van der Waals surface area contributed by atoms with E-state index in [0.717, 1.165) is 41.7 Å². The molecule has 0 saturated carbocycles. The Morgan fingerprint density at radius 3 is 3.14 bits per heavy atom. The van der Waals surface area contributed by atoms with Crippen LogP contribution in [0.3, 0.4) is 0 Å². The number of fused-ring (bicyclic) bond motifs is 2. The number of carbonyl (C=O) groups excluding carboxylic acids is 1. The van der Waals surface area contributed by atoms with Gasteiger partial charge in [-0.15, -0.1) is 0 Å². The van der Waals surface area contributed by atoms with Crippen LogP contribution in [-0.4, -0.2) is 27.6 Å². The maximum Gasteiger partial charge on any atom is 0.276 e. The van der Waals surface area contributed by atoms with Crippen LogP contribution in [0.2, 0.25) is 0 Å². The summed E-state index contributed by atoms with van der Waals surface area (Å²) in [6.07, 6.45) is 2.63. The Bertz CT molecular complexity index is 855. The van der Waals surface area contributed by atoms with Crippen molar-refractivity contribution < 1.29 is 4.79 Å². The number of aromatic nitrogens is 3. The van der Waals surface area contributed by atoms with E-state index in [1.807, 2.05) is 30.3 Å². The van der Waals surface area contributed by atoms with Crippen LogP contribution in [0.25, 0.3) is 10.9 Å². The average molecular weight is 293 g/mol. The number of benzene rings is 1. The molecule has 0 spiro atoms. The normalized spacial score (nSPS) is 13.8.